The van der Waals surface area contributed by atoms with Gasteiger partial charge in [-0.1, -0.05) is 155 Å². The van der Waals surface area contributed by atoms with E-state index in [1.807, 2.05) is 0 Å². The summed E-state index contributed by atoms with van der Waals surface area (Å²) in [5.74, 6) is 1.53. The summed E-state index contributed by atoms with van der Waals surface area (Å²) < 4.78 is 11.4. The lowest BCUT2D eigenvalue weighted by Gasteiger charge is -2.22. The van der Waals surface area contributed by atoms with Gasteiger partial charge in [0.05, 0.1) is 0 Å². The highest BCUT2D eigenvalue weighted by molar-refractivity contribution is 5.77. The molecule has 1 heterocycles. The predicted molar refractivity (Wildman–Crippen MR) is 169 cm³/mol. The van der Waals surface area contributed by atoms with Crippen molar-refractivity contribution in [3.05, 3.63) is 0 Å². The molecular weight excluding hydrogens is 480 g/mol. The van der Waals surface area contributed by atoms with Crippen molar-refractivity contribution < 1.29 is 14.3 Å². The van der Waals surface area contributed by atoms with E-state index in [4.69, 9.17) is 9.47 Å². The summed E-state index contributed by atoms with van der Waals surface area (Å²) >= 11 is 0. The molecule has 232 valence electrons. The maximum atomic E-state index is 11.3. The summed E-state index contributed by atoms with van der Waals surface area (Å²) in [6.07, 6.45) is 36.9. The van der Waals surface area contributed by atoms with E-state index in [2.05, 4.69) is 13.8 Å². The molecular formula is C36H70O3. The Kier molecular flexibility index (Phi) is 26.0. The number of unbranched alkanes of at least 4 members (excludes halogenated alkanes) is 19. The average Bonchev–Trinajstić information content (AvgIpc) is 2.94. The van der Waals surface area contributed by atoms with Crippen LogP contribution in [0.5, 0.6) is 0 Å². The number of hydrogen-bond acceptors (Lipinski definition) is 3. The molecule has 3 nitrogen and oxygen atoms in total. The van der Waals surface area contributed by atoms with E-state index in [-0.39, 0.29) is 12.2 Å². The van der Waals surface area contributed by atoms with E-state index < -0.39 is 0 Å². The van der Waals surface area contributed by atoms with Gasteiger partial charge in [-0.15, -0.1) is 0 Å². The molecule has 3 heteroatoms. The van der Waals surface area contributed by atoms with Crippen LogP contribution in [0, 0.1) is 11.8 Å². The van der Waals surface area contributed by atoms with Crippen molar-refractivity contribution in [3.8, 4) is 0 Å². The van der Waals surface area contributed by atoms with Gasteiger partial charge in [0.25, 0.3) is 0 Å². The van der Waals surface area contributed by atoms with Gasteiger partial charge >= 0.3 is 0 Å². The molecule has 0 N–H and O–H groups in total. The first-order valence-corrected chi connectivity index (χ1v) is 17.8. The van der Waals surface area contributed by atoms with Gasteiger partial charge in [-0.25, -0.2) is 0 Å². The van der Waals surface area contributed by atoms with Crippen LogP contribution in [-0.2, 0) is 14.3 Å². The summed E-state index contributed by atoms with van der Waals surface area (Å²) in [7, 11) is 0. The second kappa shape index (κ2) is 27.7. The van der Waals surface area contributed by atoms with Crippen LogP contribution in [0.25, 0.3) is 0 Å². The molecule has 0 aromatic carbocycles. The average molecular weight is 551 g/mol. The van der Waals surface area contributed by atoms with E-state index in [9.17, 15) is 4.79 Å². The standard InChI is InChI=1S/C36H70O3/c1-33(28-22-18-16-19-23-29-34(2)35(3)37)27-21-17-14-12-10-8-6-4-5-7-9-11-13-15-20-25-31-38-36-30-24-26-32-39-36/h33-34,36H,4-32H2,1-3H3. The molecule has 39 heavy (non-hydrogen) atoms. The van der Waals surface area contributed by atoms with E-state index in [0.29, 0.717) is 5.78 Å². The van der Waals surface area contributed by atoms with Gasteiger partial charge in [0.15, 0.2) is 6.29 Å². The third-order valence-electron chi connectivity index (χ3n) is 9.06. The molecule has 1 rings (SSSR count). The zero-order valence-corrected chi connectivity index (χ0v) is 27.0. The van der Waals surface area contributed by atoms with Crippen LogP contribution in [0.15, 0.2) is 0 Å². The molecule has 0 amide bonds. The summed E-state index contributed by atoms with van der Waals surface area (Å²) in [5.41, 5.74) is 0. The predicted octanol–water partition coefficient (Wildman–Crippen LogP) is 11.8. The van der Waals surface area contributed by atoms with E-state index in [1.54, 1.807) is 6.92 Å². The lowest BCUT2D eigenvalue weighted by molar-refractivity contribution is -0.162. The van der Waals surface area contributed by atoms with Gasteiger partial charge in [-0.05, 0) is 44.9 Å². The molecule has 0 bridgehead atoms. The molecule has 0 saturated carbocycles. The molecule has 0 spiro atoms. The number of Topliss-reactive ketones (excluding diaryl/α,β-unsaturated/α-hetero) is 1. The van der Waals surface area contributed by atoms with E-state index in [0.717, 1.165) is 32.0 Å². The highest BCUT2D eigenvalue weighted by atomic mass is 16.7. The van der Waals surface area contributed by atoms with Crippen LogP contribution in [0.3, 0.4) is 0 Å². The molecule has 3 unspecified atom stereocenters. The molecule has 0 aromatic rings. The molecule has 0 radical (unpaired) electrons. The Morgan fingerprint density at radius 1 is 0.615 bits per heavy atom. The maximum Gasteiger partial charge on any atom is 0.157 e. The number of carbonyl (C=O) groups excluding carboxylic acids is 1. The number of hydrogen-bond donors (Lipinski definition) is 0. The monoisotopic (exact) mass is 551 g/mol. The van der Waals surface area contributed by atoms with Crippen molar-refractivity contribution >= 4 is 5.78 Å². The summed E-state index contributed by atoms with van der Waals surface area (Å²) in [5, 5.41) is 0. The first-order valence-electron chi connectivity index (χ1n) is 17.8. The number of carbonyl (C=O) groups is 1. The summed E-state index contributed by atoms with van der Waals surface area (Å²) in [6.45, 7) is 8.03. The molecule has 1 fully saturated rings. The lowest BCUT2D eigenvalue weighted by Crippen LogP contribution is -2.22. The van der Waals surface area contributed by atoms with Crippen LogP contribution in [0.4, 0.5) is 0 Å². The van der Waals surface area contributed by atoms with Gasteiger partial charge in [-0.3, -0.25) is 4.79 Å². The van der Waals surface area contributed by atoms with Crippen molar-refractivity contribution in [1.82, 2.24) is 0 Å². The highest BCUT2D eigenvalue weighted by Crippen LogP contribution is 2.20. The second-order valence-corrected chi connectivity index (χ2v) is 13.1. The van der Waals surface area contributed by atoms with Gasteiger partial charge in [0.2, 0.25) is 0 Å². The number of rotatable bonds is 29. The molecule has 1 saturated heterocycles. The third-order valence-corrected chi connectivity index (χ3v) is 9.06. The first-order chi connectivity index (χ1) is 19.1. The van der Waals surface area contributed by atoms with Gasteiger partial charge in [0, 0.05) is 19.1 Å². The lowest BCUT2D eigenvalue weighted by atomic mass is 9.95. The van der Waals surface area contributed by atoms with Crippen molar-refractivity contribution in [3.63, 3.8) is 0 Å². The van der Waals surface area contributed by atoms with E-state index in [1.165, 1.54) is 161 Å². The normalized spacial score (nSPS) is 17.4. The minimum atomic E-state index is 0.0922. The van der Waals surface area contributed by atoms with Crippen molar-refractivity contribution in [2.24, 2.45) is 11.8 Å². The van der Waals surface area contributed by atoms with Crippen LogP contribution < -0.4 is 0 Å². The zero-order valence-electron chi connectivity index (χ0n) is 27.0. The zero-order chi connectivity index (χ0) is 28.2. The SMILES string of the molecule is CC(=O)C(C)CCCCCCCC(C)CCCCCCCCCCCCCCCCCCOC1CCCCO1. The minimum absolute atomic E-state index is 0.0922. The molecule has 0 aromatic heterocycles. The first kappa shape index (κ1) is 36.6. The van der Waals surface area contributed by atoms with E-state index >= 15 is 0 Å². The van der Waals surface area contributed by atoms with Crippen molar-refractivity contribution in [2.45, 2.75) is 200 Å². The Bertz CT molecular complexity index is 513. The Balaban J connectivity index is 1.68. The summed E-state index contributed by atoms with van der Waals surface area (Å²) in [4.78, 5) is 11.3. The third kappa shape index (κ3) is 25.1. The number of ketones is 1. The van der Waals surface area contributed by atoms with Crippen molar-refractivity contribution in [1.29, 1.82) is 0 Å². The minimum Gasteiger partial charge on any atom is -0.353 e. The largest absolute Gasteiger partial charge is 0.353 e. The Morgan fingerprint density at radius 3 is 1.44 bits per heavy atom. The second-order valence-electron chi connectivity index (χ2n) is 13.1. The fourth-order valence-corrected chi connectivity index (χ4v) is 5.95. The topological polar surface area (TPSA) is 35.5 Å². The maximum absolute atomic E-state index is 11.3. The fraction of sp³-hybridized carbons (Fsp3) is 0.972. The fourth-order valence-electron chi connectivity index (χ4n) is 5.95. The smallest absolute Gasteiger partial charge is 0.157 e. The van der Waals surface area contributed by atoms with Crippen molar-refractivity contribution in [2.75, 3.05) is 13.2 Å². The molecule has 1 aliphatic rings. The number of ether oxygens (including phenoxy) is 2. The van der Waals surface area contributed by atoms with Crippen LogP contribution >= 0.6 is 0 Å². The summed E-state index contributed by atoms with van der Waals surface area (Å²) in [6, 6.07) is 0. The molecule has 1 aliphatic heterocycles. The van der Waals surface area contributed by atoms with Gasteiger partial charge in [-0.2, -0.15) is 0 Å². The Hall–Kier alpha value is -0.410. The van der Waals surface area contributed by atoms with Gasteiger partial charge in [0.1, 0.15) is 5.78 Å². The molecule has 0 aliphatic carbocycles. The Morgan fingerprint density at radius 2 is 1.03 bits per heavy atom. The van der Waals surface area contributed by atoms with Crippen LogP contribution in [-0.4, -0.2) is 25.3 Å². The van der Waals surface area contributed by atoms with Crippen LogP contribution in [0.1, 0.15) is 194 Å². The van der Waals surface area contributed by atoms with Gasteiger partial charge < -0.3 is 9.47 Å². The Labute approximate surface area is 245 Å². The van der Waals surface area contributed by atoms with Crippen LogP contribution in [0.2, 0.25) is 0 Å². The highest BCUT2D eigenvalue weighted by Gasteiger charge is 2.13. The molecule has 3 atom stereocenters. The quantitative estimate of drug-likeness (QED) is 0.0869.